The molecule has 0 fully saturated rings. The molecule has 2 N–H and O–H groups in total. The zero-order chi connectivity index (χ0) is 24.1. The summed E-state index contributed by atoms with van der Waals surface area (Å²) in [5.74, 6) is 1.23. The lowest BCUT2D eigenvalue weighted by atomic mass is 10.0. The second-order valence-electron chi connectivity index (χ2n) is 8.11. The van der Waals surface area contributed by atoms with Gasteiger partial charge in [0, 0.05) is 35.6 Å². The Morgan fingerprint density at radius 3 is 2.76 bits per heavy atom. The van der Waals surface area contributed by atoms with Crippen LogP contribution in [0.1, 0.15) is 11.1 Å². The van der Waals surface area contributed by atoms with Gasteiger partial charge in [0.1, 0.15) is 12.4 Å². The fraction of sp³-hybridized carbons (Fsp3) is 0.192. The van der Waals surface area contributed by atoms with Crippen LogP contribution in [0.5, 0.6) is 5.75 Å². The van der Waals surface area contributed by atoms with Gasteiger partial charge in [-0.05, 0) is 68.5 Å². The second kappa shape index (κ2) is 10.1. The van der Waals surface area contributed by atoms with E-state index in [1.165, 1.54) is 0 Å². The number of aromatic amines is 1. The first-order valence-electron chi connectivity index (χ1n) is 10.8. The van der Waals surface area contributed by atoms with E-state index in [4.69, 9.17) is 9.15 Å². The number of nitrogens with one attached hydrogen (secondary N) is 2. The van der Waals surface area contributed by atoms with Crippen molar-refractivity contribution in [2.75, 3.05) is 32.6 Å². The maximum absolute atomic E-state index is 12.2. The van der Waals surface area contributed by atoms with Gasteiger partial charge >= 0.3 is 0 Å². The van der Waals surface area contributed by atoms with E-state index in [0.717, 1.165) is 23.5 Å². The van der Waals surface area contributed by atoms with Crippen molar-refractivity contribution in [2.45, 2.75) is 6.92 Å². The molecule has 2 aromatic carbocycles. The number of anilines is 2. The monoisotopic (exact) mass is 455 g/mol. The molecule has 0 spiro atoms. The number of benzene rings is 2. The number of pyridine rings is 1. The van der Waals surface area contributed by atoms with Crippen LogP contribution in [0.25, 0.3) is 22.5 Å². The van der Waals surface area contributed by atoms with E-state index in [1.54, 1.807) is 42.7 Å². The molecule has 4 rings (SSSR count). The minimum absolute atomic E-state index is 0.230. The smallest absolute Gasteiger partial charge is 0.299 e. The van der Waals surface area contributed by atoms with E-state index < -0.39 is 0 Å². The first-order chi connectivity index (χ1) is 16.4. The van der Waals surface area contributed by atoms with Crippen molar-refractivity contribution in [3.63, 3.8) is 0 Å². The van der Waals surface area contributed by atoms with Gasteiger partial charge in [0.2, 0.25) is 0 Å². The normalized spacial score (nSPS) is 10.8. The number of aromatic nitrogens is 2. The molecule has 0 unspecified atom stereocenters. The van der Waals surface area contributed by atoms with Crippen LogP contribution >= 0.6 is 0 Å². The SMILES string of the molecule is Cc1ccc(OCCN(C)C)cc1Nc1ncc(-c2cc(C#N)cc(-c3ccc[nH]c3=O)c2)o1. The van der Waals surface area contributed by atoms with Crippen LogP contribution in [0.2, 0.25) is 0 Å². The third-order valence-corrected chi connectivity index (χ3v) is 5.24. The molecule has 0 bridgehead atoms. The fourth-order valence-electron chi connectivity index (χ4n) is 3.39. The maximum atomic E-state index is 12.2. The molecular formula is C26H25N5O3. The number of hydrogen-bond donors (Lipinski definition) is 2. The van der Waals surface area contributed by atoms with Gasteiger partial charge in [-0.15, -0.1) is 0 Å². The minimum atomic E-state index is -0.230. The number of oxazole rings is 1. The summed E-state index contributed by atoms with van der Waals surface area (Å²) in [5, 5.41) is 12.7. The Morgan fingerprint density at radius 1 is 1.18 bits per heavy atom. The van der Waals surface area contributed by atoms with E-state index in [1.807, 2.05) is 39.2 Å². The summed E-state index contributed by atoms with van der Waals surface area (Å²) in [5.41, 5.74) is 3.76. The number of nitrogens with zero attached hydrogens (tertiary/aromatic N) is 3. The number of nitriles is 1. The molecule has 0 saturated carbocycles. The first kappa shape index (κ1) is 22.8. The van der Waals surface area contributed by atoms with E-state index in [0.29, 0.717) is 40.6 Å². The van der Waals surface area contributed by atoms with Crippen LogP contribution in [-0.2, 0) is 0 Å². The molecule has 0 aliphatic carbocycles. The Bertz CT molecular complexity index is 1400. The van der Waals surface area contributed by atoms with Crippen LogP contribution < -0.4 is 15.6 Å². The molecule has 0 amide bonds. The summed E-state index contributed by atoms with van der Waals surface area (Å²) < 4.78 is 11.8. The van der Waals surface area contributed by atoms with Crippen LogP contribution in [0.4, 0.5) is 11.7 Å². The van der Waals surface area contributed by atoms with E-state index >= 15 is 0 Å². The lowest BCUT2D eigenvalue weighted by Gasteiger charge is -2.13. The lowest BCUT2D eigenvalue weighted by molar-refractivity contribution is 0.261. The average molecular weight is 456 g/mol. The number of H-pyrrole nitrogens is 1. The first-order valence-corrected chi connectivity index (χ1v) is 10.8. The third-order valence-electron chi connectivity index (χ3n) is 5.24. The Hall–Kier alpha value is -4.35. The summed E-state index contributed by atoms with van der Waals surface area (Å²) in [6, 6.07) is 16.9. The Balaban J connectivity index is 1.59. The van der Waals surface area contributed by atoms with Crippen molar-refractivity contribution < 1.29 is 9.15 Å². The van der Waals surface area contributed by atoms with E-state index in [-0.39, 0.29) is 5.56 Å². The predicted molar refractivity (Wildman–Crippen MR) is 131 cm³/mol. The van der Waals surface area contributed by atoms with E-state index in [9.17, 15) is 10.1 Å². The molecule has 8 heteroatoms. The van der Waals surface area contributed by atoms with E-state index in [2.05, 4.69) is 26.3 Å². The van der Waals surface area contributed by atoms with Gasteiger partial charge in [0.25, 0.3) is 11.6 Å². The summed E-state index contributed by atoms with van der Waals surface area (Å²) in [6.07, 6.45) is 3.16. The number of ether oxygens (including phenoxy) is 1. The number of hydrogen-bond acceptors (Lipinski definition) is 7. The maximum Gasteiger partial charge on any atom is 0.299 e. The number of likely N-dealkylation sites (N-methyl/N-ethyl adjacent to an activating group) is 1. The molecule has 8 nitrogen and oxygen atoms in total. The van der Waals surface area contributed by atoms with Crippen molar-refractivity contribution in [1.29, 1.82) is 5.26 Å². The van der Waals surface area contributed by atoms with Gasteiger partial charge in [-0.25, -0.2) is 4.98 Å². The Labute approximate surface area is 197 Å². The standard InChI is InChI=1S/C26H25N5O3/c1-17-6-7-21(33-10-9-31(2)3)14-23(17)30-26-29-16-24(34-26)20-12-18(15-27)11-19(13-20)22-5-4-8-28-25(22)32/h4-8,11-14,16H,9-10H2,1-3H3,(H,28,32)(H,29,30). The molecule has 2 heterocycles. The average Bonchev–Trinajstić information content (AvgIpc) is 3.29. The largest absolute Gasteiger partial charge is 0.492 e. The molecule has 34 heavy (non-hydrogen) atoms. The molecule has 0 aliphatic rings. The Kier molecular flexibility index (Phi) is 6.76. The summed E-state index contributed by atoms with van der Waals surface area (Å²) >= 11 is 0. The van der Waals surface area contributed by atoms with Gasteiger partial charge in [-0.1, -0.05) is 6.07 Å². The highest BCUT2D eigenvalue weighted by atomic mass is 16.5. The zero-order valence-electron chi connectivity index (χ0n) is 19.3. The topological polar surface area (TPSA) is 107 Å². The highest BCUT2D eigenvalue weighted by Gasteiger charge is 2.13. The van der Waals surface area contributed by atoms with Crippen LogP contribution in [0.15, 0.2) is 70.1 Å². The van der Waals surface area contributed by atoms with Crippen molar-refractivity contribution in [1.82, 2.24) is 14.9 Å². The number of aryl methyl sites for hydroxylation is 1. The van der Waals surface area contributed by atoms with Gasteiger partial charge in [0.15, 0.2) is 5.76 Å². The second-order valence-corrected chi connectivity index (χ2v) is 8.11. The molecule has 0 atom stereocenters. The summed E-state index contributed by atoms with van der Waals surface area (Å²) in [4.78, 5) is 21.3. The van der Waals surface area contributed by atoms with Gasteiger partial charge in [0.05, 0.1) is 17.8 Å². The summed E-state index contributed by atoms with van der Waals surface area (Å²) in [7, 11) is 4.00. The molecule has 0 aliphatic heterocycles. The van der Waals surface area contributed by atoms with Gasteiger partial charge in [-0.3, -0.25) is 4.79 Å². The van der Waals surface area contributed by atoms with Gasteiger partial charge in [-0.2, -0.15) is 5.26 Å². The lowest BCUT2D eigenvalue weighted by Crippen LogP contribution is -2.19. The molecular weight excluding hydrogens is 430 g/mol. The van der Waals surface area contributed by atoms with Crippen molar-refractivity contribution in [3.05, 3.63) is 82.4 Å². The Morgan fingerprint density at radius 2 is 2.00 bits per heavy atom. The van der Waals surface area contributed by atoms with Gasteiger partial charge < -0.3 is 24.4 Å². The predicted octanol–water partition coefficient (Wildman–Crippen LogP) is 4.56. The fourth-order valence-corrected chi connectivity index (χ4v) is 3.39. The molecule has 2 aromatic heterocycles. The van der Waals surface area contributed by atoms with Crippen molar-refractivity contribution >= 4 is 11.7 Å². The third kappa shape index (κ3) is 5.34. The van der Waals surface area contributed by atoms with Crippen molar-refractivity contribution in [2.24, 2.45) is 0 Å². The quantitative estimate of drug-likeness (QED) is 0.401. The molecule has 0 saturated heterocycles. The molecule has 0 radical (unpaired) electrons. The zero-order valence-corrected chi connectivity index (χ0v) is 19.3. The molecule has 172 valence electrons. The highest BCUT2D eigenvalue weighted by Crippen LogP contribution is 2.30. The summed E-state index contributed by atoms with van der Waals surface area (Å²) in [6.45, 7) is 3.38. The van der Waals surface area contributed by atoms with Crippen molar-refractivity contribution in [3.8, 4) is 34.3 Å². The number of rotatable bonds is 8. The minimum Gasteiger partial charge on any atom is -0.492 e. The highest BCUT2D eigenvalue weighted by molar-refractivity contribution is 5.73. The van der Waals surface area contributed by atoms with Crippen LogP contribution in [-0.4, -0.2) is 42.1 Å². The molecule has 4 aromatic rings. The van der Waals surface area contributed by atoms with Crippen LogP contribution in [0.3, 0.4) is 0 Å². The van der Waals surface area contributed by atoms with Crippen LogP contribution in [0, 0.1) is 18.3 Å².